The molecule has 0 atom stereocenters. The van der Waals surface area contributed by atoms with Gasteiger partial charge in [0.2, 0.25) is 0 Å². The Morgan fingerprint density at radius 3 is 1.07 bits per heavy atom. The summed E-state index contributed by atoms with van der Waals surface area (Å²) in [6, 6.07) is 0. The summed E-state index contributed by atoms with van der Waals surface area (Å²) in [6.45, 7) is 3.45. The van der Waals surface area contributed by atoms with Crippen molar-refractivity contribution in [3.05, 3.63) is 12.2 Å². The van der Waals surface area contributed by atoms with E-state index in [2.05, 4.69) is 13.0 Å². The Morgan fingerprint density at radius 2 is 0.775 bits per heavy atom. The molecule has 7 nitrogen and oxygen atoms in total. The number of carbonyl (C=O) groups is 3. The molecular formula is C33H62NO6+. The largest absolute Gasteiger partial charge is 0.481 e. The number of nitrogens with zero attached hydrogens (tertiary/aromatic N) is 1. The molecule has 0 saturated heterocycles. The van der Waals surface area contributed by atoms with Gasteiger partial charge in [-0.15, -0.1) is 0 Å². The minimum Gasteiger partial charge on any atom is -0.481 e. The first-order valence-electron chi connectivity index (χ1n) is 16.5. The quantitative estimate of drug-likeness (QED) is 0.0438. The lowest BCUT2D eigenvalue weighted by Crippen LogP contribution is -2.51. The summed E-state index contributed by atoms with van der Waals surface area (Å²) in [5, 5.41) is 27.4. The van der Waals surface area contributed by atoms with Crippen LogP contribution in [0.15, 0.2) is 12.2 Å². The van der Waals surface area contributed by atoms with Gasteiger partial charge in [-0.1, -0.05) is 129 Å². The number of hydrogen-bond acceptors (Lipinski definition) is 3. The van der Waals surface area contributed by atoms with E-state index in [1.54, 1.807) is 0 Å². The number of carboxylic acids is 3. The maximum Gasteiger partial charge on any atom is 0.309 e. The molecule has 40 heavy (non-hydrogen) atoms. The van der Waals surface area contributed by atoms with E-state index < -0.39 is 17.9 Å². The van der Waals surface area contributed by atoms with Gasteiger partial charge in [0.05, 0.1) is 45.4 Å². The number of carboxylic acid groups (broad SMARTS) is 3. The summed E-state index contributed by atoms with van der Waals surface area (Å²) in [5.74, 6) is -2.86. The van der Waals surface area contributed by atoms with E-state index in [1.807, 2.05) is 6.08 Å². The summed E-state index contributed by atoms with van der Waals surface area (Å²) in [5.41, 5.74) is 0. The number of unbranched alkanes of at least 4 members (excludes halogenated alkanes) is 19. The molecule has 0 rings (SSSR count). The number of allylic oxidation sites excluding steroid dienone is 1. The predicted molar refractivity (Wildman–Crippen MR) is 164 cm³/mol. The van der Waals surface area contributed by atoms with Crippen LogP contribution in [-0.2, 0) is 14.4 Å². The molecule has 0 aromatic heterocycles. The third-order valence-electron chi connectivity index (χ3n) is 8.03. The van der Waals surface area contributed by atoms with Gasteiger partial charge in [0.25, 0.3) is 0 Å². The van der Waals surface area contributed by atoms with Crippen LogP contribution in [0.1, 0.15) is 155 Å². The van der Waals surface area contributed by atoms with Crippen molar-refractivity contribution in [1.29, 1.82) is 0 Å². The third-order valence-corrected chi connectivity index (χ3v) is 8.03. The van der Waals surface area contributed by atoms with Crippen molar-refractivity contribution in [2.75, 3.05) is 26.2 Å². The zero-order valence-corrected chi connectivity index (χ0v) is 25.8. The minimum absolute atomic E-state index is 0.105. The average Bonchev–Trinajstić information content (AvgIpc) is 2.92. The van der Waals surface area contributed by atoms with Crippen molar-refractivity contribution in [3.8, 4) is 0 Å². The lowest BCUT2D eigenvalue weighted by atomic mass is 10.0. The zero-order chi connectivity index (χ0) is 29.7. The zero-order valence-electron chi connectivity index (χ0n) is 25.8. The molecule has 0 aliphatic heterocycles. The second-order valence-electron chi connectivity index (χ2n) is 11.8. The first-order chi connectivity index (χ1) is 19.3. The van der Waals surface area contributed by atoms with E-state index in [-0.39, 0.29) is 43.4 Å². The topological polar surface area (TPSA) is 112 Å². The van der Waals surface area contributed by atoms with Crippen LogP contribution in [0.2, 0.25) is 0 Å². The maximum absolute atomic E-state index is 11.1. The smallest absolute Gasteiger partial charge is 0.309 e. The fourth-order valence-corrected chi connectivity index (χ4v) is 5.36. The molecular weight excluding hydrogens is 506 g/mol. The Labute approximate surface area is 245 Å². The normalized spacial score (nSPS) is 11.8. The van der Waals surface area contributed by atoms with Gasteiger partial charge < -0.3 is 19.8 Å². The van der Waals surface area contributed by atoms with Crippen molar-refractivity contribution in [2.24, 2.45) is 0 Å². The number of quaternary nitrogens is 1. The van der Waals surface area contributed by atoms with Crippen LogP contribution in [0.5, 0.6) is 0 Å². The number of hydrogen-bond donors (Lipinski definition) is 3. The number of rotatable bonds is 31. The molecule has 234 valence electrons. The first kappa shape index (κ1) is 38.1. The van der Waals surface area contributed by atoms with Crippen molar-refractivity contribution < 1.29 is 34.2 Å². The van der Waals surface area contributed by atoms with Crippen LogP contribution in [0.4, 0.5) is 0 Å². The van der Waals surface area contributed by atoms with E-state index in [0.29, 0.717) is 6.54 Å². The molecule has 7 heteroatoms. The molecule has 0 heterocycles. The SMILES string of the molecule is CCCCCCCCCCCCCCCCCCCCC/C=C/C[N+](CCC(=O)O)(CCC(=O)O)CCC(=O)O. The van der Waals surface area contributed by atoms with Gasteiger partial charge in [-0.2, -0.15) is 0 Å². The first-order valence-corrected chi connectivity index (χ1v) is 16.5. The van der Waals surface area contributed by atoms with Crippen molar-refractivity contribution in [3.63, 3.8) is 0 Å². The van der Waals surface area contributed by atoms with E-state index in [9.17, 15) is 14.4 Å². The van der Waals surface area contributed by atoms with E-state index >= 15 is 0 Å². The summed E-state index contributed by atoms with van der Waals surface area (Å²) in [6.07, 6.45) is 30.5. The molecule has 0 aliphatic carbocycles. The molecule has 0 spiro atoms. The predicted octanol–water partition coefficient (Wildman–Crippen LogP) is 8.61. The Kier molecular flexibility index (Phi) is 26.0. The Balaban J connectivity index is 3.87. The maximum atomic E-state index is 11.1. The highest BCUT2D eigenvalue weighted by atomic mass is 16.4. The van der Waals surface area contributed by atoms with E-state index in [1.165, 1.54) is 116 Å². The van der Waals surface area contributed by atoms with Crippen LogP contribution in [0.25, 0.3) is 0 Å². The fraction of sp³-hybridized carbons (Fsp3) is 0.848. The van der Waals surface area contributed by atoms with Crippen molar-refractivity contribution in [2.45, 2.75) is 155 Å². The lowest BCUT2D eigenvalue weighted by molar-refractivity contribution is -0.921. The average molecular weight is 569 g/mol. The van der Waals surface area contributed by atoms with Crippen LogP contribution >= 0.6 is 0 Å². The standard InChI is InChI=1S/C33H61NO6/c1-2-3-4-5-6-7-8-9-10-11-12-13-14-15-16-17-18-19-20-21-22-23-27-34(28-24-31(35)36,29-25-32(37)38)30-26-33(39)40/h22-23H,2-21,24-30H2,1H3,(H2-,35,36,37,38,39,40)/p+1/b23-22+. The molecule has 0 amide bonds. The third kappa shape index (κ3) is 26.3. The Hall–Kier alpha value is -1.89. The Morgan fingerprint density at radius 1 is 0.475 bits per heavy atom. The lowest BCUT2D eigenvalue weighted by Gasteiger charge is -2.37. The fourth-order valence-electron chi connectivity index (χ4n) is 5.36. The molecule has 0 unspecified atom stereocenters. The van der Waals surface area contributed by atoms with Gasteiger partial charge in [-0.25, -0.2) is 0 Å². The highest BCUT2D eigenvalue weighted by molar-refractivity contribution is 5.67. The minimum atomic E-state index is -0.953. The van der Waals surface area contributed by atoms with Crippen LogP contribution in [0, 0.1) is 0 Å². The van der Waals surface area contributed by atoms with Crippen LogP contribution < -0.4 is 0 Å². The monoisotopic (exact) mass is 568 g/mol. The summed E-state index contributed by atoms with van der Waals surface area (Å²) >= 11 is 0. The molecule has 3 N–H and O–H groups in total. The highest BCUT2D eigenvalue weighted by Gasteiger charge is 2.28. The summed E-state index contributed by atoms with van der Waals surface area (Å²) in [4.78, 5) is 33.4. The van der Waals surface area contributed by atoms with Gasteiger partial charge in [0.1, 0.15) is 0 Å². The second-order valence-corrected chi connectivity index (χ2v) is 11.8. The van der Waals surface area contributed by atoms with Gasteiger partial charge in [0, 0.05) is 0 Å². The molecule has 0 aromatic carbocycles. The number of aliphatic carboxylic acids is 3. The Bertz CT molecular complexity index is 618. The molecule has 0 bridgehead atoms. The summed E-state index contributed by atoms with van der Waals surface area (Å²) in [7, 11) is 0. The van der Waals surface area contributed by atoms with Crippen LogP contribution in [0.3, 0.4) is 0 Å². The van der Waals surface area contributed by atoms with E-state index in [4.69, 9.17) is 15.3 Å². The molecule has 0 radical (unpaired) electrons. The van der Waals surface area contributed by atoms with Crippen LogP contribution in [-0.4, -0.2) is 63.9 Å². The van der Waals surface area contributed by atoms with E-state index in [0.717, 1.165) is 12.8 Å². The highest BCUT2D eigenvalue weighted by Crippen LogP contribution is 2.16. The van der Waals surface area contributed by atoms with Gasteiger partial charge >= 0.3 is 17.9 Å². The van der Waals surface area contributed by atoms with Gasteiger partial charge in [0.15, 0.2) is 0 Å². The van der Waals surface area contributed by atoms with Crippen molar-refractivity contribution >= 4 is 17.9 Å². The molecule has 0 aromatic rings. The molecule has 0 aliphatic rings. The van der Waals surface area contributed by atoms with Gasteiger partial charge in [-0.3, -0.25) is 14.4 Å². The molecule has 0 fully saturated rings. The summed E-state index contributed by atoms with van der Waals surface area (Å²) < 4.78 is 0.181. The molecule has 0 saturated carbocycles. The van der Waals surface area contributed by atoms with Gasteiger partial charge in [-0.05, 0) is 18.9 Å². The second kappa shape index (κ2) is 27.3. The van der Waals surface area contributed by atoms with Crippen molar-refractivity contribution in [1.82, 2.24) is 0 Å².